The first-order chi connectivity index (χ1) is 36.2. The molecule has 16 rings (SSSR count). The Labute approximate surface area is 422 Å². The van der Waals surface area contributed by atoms with Gasteiger partial charge < -0.3 is 4.42 Å². The van der Waals surface area contributed by atoms with Gasteiger partial charge in [0, 0.05) is 16.7 Å². The van der Waals surface area contributed by atoms with Crippen molar-refractivity contribution in [1.82, 2.24) is 0 Å². The van der Waals surface area contributed by atoms with E-state index < -0.39 is 0 Å². The number of para-hydroxylation sites is 1. The van der Waals surface area contributed by atoms with E-state index in [0.29, 0.717) is 0 Å². The molecule has 0 fully saturated rings. The quantitative estimate of drug-likeness (QED) is 0.157. The van der Waals surface area contributed by atoms with Crippen LogP contribution in [0.1, 0.15) is 34.6 Å². The number of rotatable bonds is 5. The standard InChI is InChI=1S/C72H44O/c1-3-16-47-40-49(34-28-43(47)14-1)68-59-23-9-10-24-60(59)69(50-35-29-44-15-2-4-17-48(44)41-50)72-62-38-37-52(54-25-13-26-61(70(54)62)71(68)72)45-30-32-46(33-31-45)66-55-19-5-7-21-57(55)67(58-22-8-6-20-56(58)66)51-36-39-65-63(42-51)53-18-11-12-27-64(53)73-65/h1-37,39-42,62H,38H2. The highest BCUT2D eigenvalue weighted by molar-refractivity contribution is 6.22. The second-order valence-electron chi connectivity index (χ2n) is 20.1. The van der Waals surface area contributed by atoms with Gasteiger partial charge in [-0.15, -0.1) is 0 Å². The largest absolute Gasteiger partial charge is 0.456 e. The van der Waals surface area contributed by atoms with E-state index in [2.05, 4.69) is 243 Å². The van der Waals surface area contributed by atoms with Crippen LogP contribution in [-0.4, -0.2) is 0 Å². The second kappa shape index (κ2) is 15.6. The Kier molecular flexibility index (Phi) is 8.64. The zero-order chi connectivity index (χ0) is 47.7. The molecule has 0 saturated carbocycles. The topological polar surface area (TPSA) is 13.1 Å². The molecular formula is C72H44O. The molecule has 2 aliphatic rings. The maximum Gasteiger partial charge on any atom is 0.135 e. The van der Waals surface area contributed by atoms with E-state index in [4.69, 9.17) is 4.42 Å². The Morgan fingerprint density at radius 1 is 0.274 bits per heavy atom. The summed E-state index contributed by atoms with van der Waals surface area (Å²) in [6.45, 7) is 0. The SMILES string of the molecule is C1=C(c2ccc(-c3c4ccccc4c(-c4ccc5oc6ccccc6c5c4)c4ccccc34)cc2)c2cccc3c2C(C1)c1c-3c(-c2ccc3ccccc3c2)c2ccccc2c1-c1ccc2ccccc2c1. The summed E-state index contributed by atoms with van der Waals surface area (Å²) in [4.78, 5) is 0. The fourth-order valence-electron chi connectivity index (χ4n) is 13.2. The van der Waals surface area contributed by atoms with Crippen LogP contribution in [0.5, 0.6) is 0 Å². The first-order valence-corrected chi connectivity index (χ1v) is 25.6. The summed E-state index contributed by atoms with van der Waals surface area (Å²) in [6.07, 6.45) is 3.46. The van der Waals surface area contributed by atoms with E-state index in [1.807, 2.05) is 6.07 Å². The van der Waals surface area contributed by atoms with Crippen molar-refractivity contribution in [3.05, 3.63) is 271 Å². The molecule has 1 aromatic heterocycles. The summed E-state index contributed by atoms with van der Waals surface area (Å²) in [5, 5.41) is 14.9. The van der Waals surface area contributed by atoms with E-state index in [-0.39, 0.29) is 5.92 Å². The summed E-state index contributed by atoms with van der Waals surface area (Å²) in [6, 6.07) is 90.3. The fraction of sp³-hybridized carbons (Fsp3) is 0.0278. The van der Waals surface area contributed by atoms with Gasteiger partial charge in [-0.1, -0.05) is 218 Å². The van der Waals surface area contributed by atoms with Crippen molar-refractivity contribution in [3.63, 3.8) is 0 Å². The zero-order valence-corrected chi connectivity index (χ0v) is 39.9. The number of hydrogen-bond acceptors (Lipinski definition) is 1. The lowest BCUT2D eigenvalue weighted by Gasteiger charge is -2.26. The normalized spacial score (nSPS) is 13.9. The monoisotopic (exact) mass is 924 g/mol. The molecule has 0 amide bonds. The van der Waals surface area contributed by atoms with Gasteiger partial charge in [0.05, 0.1) is 0 Å². The summed E-state index contributed by atoms with van der Waals surface area (Å²) in [5.74, 6) is 0.207. The third-order valence-electron chi connectivity index (χ3n) is 16.3. The smallest absolute Gasteiger partial charge is 0.135 e. The van der Waals surface area contributed by atoms with Crippen molar-refractivity contribution < 1.29 is 4.42 Å². The molecule has 0 saturated heterocycles. The minimum absolute atomic E-state index is 0.207. The molecule has 1 heterocycles. The molecule has 0 spiro atoms. The molecule has 1 nitrogen and oxygen atoms in total. The molecule has 1 atom stereocenters. The Balaban J connectivity index is 0.859. The van der Waals surface area contributed by atoms with Gasteiger partial charge in [0.1, 0.15) is 11.2 Å². The highest BCUT2D eigenvalue weighted by Gasteiger charge is 2.39. The average molecular weight is 925 g/mol. The molecule has 73 heavy (non-hydrogen) atoms. The van der Waals surface area contributed by atoms with Crippen LogP contribution in [0.15, 0.2) is 253 Å². The van der Waals surface area contributed by atoms with Crippen molar-refractivity contribution >= 4 is 81.4 Å². The molecule has 1 heteroatoms. The maximum atomic E-state index is 6.27. The lowest BCUT2D eigenvalue weighted by molar-refractivity contribution is 0.669. The van der Waals surface area contributed by atoms with Gasteiger partial charge in [0.15, 0.2) is 0 Å². The van der Waals surface area contributed by atoms with Crippen molar-refractivity contribution in [3.8, 4) is 55.6 Å². The minimum atomic E-state index is 0.207. The summed E-state index contributed by atoms with van der Waals surface area (Å²) < 4.78 is 6.27. The third kappa shape index (κ3) is 5.97. The number of furan rings is 1. The Bertz CT molecular complexity index is 4640. The number of hydrogen-bond donors (Lipinski definition) is 0. The van der Waals surface area contributed by atoms with Gasteiger partial charge in [-0.05, 0) is 174 Å². The molecule has 0 bridgehead atoms. The lowest BCUT2D eigenvalue weighted by Crippen LogP contribution is -2.07. The maximum absolute atomic E-state index is 6.27. The molecule has 14 aromatic rings. The summed E-state index contributed by atoms with van der Waals surface area (Å²) >= 11 is 0. The van der Waals surface area contributed by atoms with Crippen LogP contribution in [0.4, 0.5) is 0 Å². The van der Waals surface area contributed by atoms with Gasteiger partial charge in [-0.3, -0.25) is 0 Å². The van der Waals surface area contributed by atoms with Crippen molar-refractivity contribution in [2.45, 2.75) is 12.3 Å². The number of fused-ring (bicyclic) bond motifs is 11. The van der Waals surface area contributed by atoms with Crippen molar-refractivity contribution in [2.24, 2.45) is 0 Å². The third-order valence-corrected chi connectivity index (χ3v) is 16.3. The first-order valence-electron chi connectivity index (χ1n) is 25.6. The van der Waals surface area contributed by atoms with Crippen molar-refractivity contribution in [1.29, 1.82) is 0 Å². The molecule has 1 unspecified atom stereocenters. The van der Waals surface area contributed by atoms with Crippen LogP contribution in [0.3, 0.4) is 0 Å². The predicted octanol–water partition coefficient (Wildman–Crippen LogP) is 20.0. The molecule has 338 valence electrons. The molecular weight excluding hydrogens is 881 g/mol. The van der Waals surface area contributed by atoms with E-state index in [1.54, 1.807) is 0 Å². The van der Waals surface area contributed by atoms with Gasteiger partial charge in [-0.2, -0.15) is 0 Å². The Morgan fingerprint density at radius 3 is 1.37 bits per heavy atom. The Hall–Kier alpha value is -9.30. The molecule has 13 aromatic carbocycles. The first kappa shape index (κ1) is 40.4. The van der Waals surface area contributed by atoms with Crippen LogP contribution in [0.2, 0.25) is 0 Å². The van der Waals surface area contributed by atoms with Gasteiger partial charge in [0.2, 0.25) is 0 Å². The molecule has 0 aliphatic heterocycles. The predicted molar refractivity (Wildman–Crippen MR) is 308 cm³/mol. The van der Waals surface area contributed by atoms with Crippen LogP contribution >= 0.6 is 0 Å². The van der Waals surface area contributed by atoms with Crippen molar-refractivity contribution in [2.75, 3.05) is 0 Å². The van der Waals surface area contributed by atoms with E-state index >= 15 is 0 Å². The summed E-state index contributed by atoms with van der Waals surface area (Å²) in [7, 11) is 0. The highest BCUT2D eigenvalue weighted by atomic mass is 16.3. The van der Waals surface area contributed by atoms with Crippen LogP contribution in [0, 0.1) is 0 Å². The van der Waals surface area contributed by atoms with Crippen LogP contribution in [0.25, 0.3) is 137 Å². The van der Waals surface area contributed by atoms with E-state index in [1.165, 1.54) is 137 Å². The zero-order valence-electron chi connectivity index (χ0n) is 39.9. The molecule has 0 radical (unpaired) electrons. The highest BCUT2D eigenvalue weighted by Crippen LogP contribution is 2.60. The minimum Gasteiger partial charge on any atom is -0.456 e. The van der Waals surface area contributed by atoms with Gasteiger partial charge in [0.25, 0.3) is 0 Å². The van der Waals surface area contributed by atoms with E-state index in [9.17, 15) is 0 Å². The van der Waals surface area contributed by atoms with Crippen LogP contribution in [-0.2, 0) is 0 Å². The second-order valence-corrected chi connectivity index (χ2v) is 20.1. The van der Waals surface area contributed by atoms with Gasteiger partial charge >= 0.3 is 0 Å². The number of allylic oxidation sites excluding steroid dienone is 1. The summed E-state index contributed by atoms with van der Waals surface area (Å²) in [5.41, 5.74) is 21.5. The van der Waals surface area contributed by atoms with Crippen LogP contribution < -0.4 is 0 Å². The average Bonchev–Trinajstić information content (AvgIpc) is 3.99. The number of benzene rings is 13. The lowest BCUT2D eigenvalue weighted by atomic mass is 9.77. The van der Waals surface area contributed by atoms with E-state index in [0.717, 1.165) is 28.4 Å². The molecule has 0 N–H and O–H groups in total. The molecule has 2 aliphatic carbocycles. The fourth-order valence-corrected chi connectivity index (χ4v) is 13.2. The van der Waals surface area contributed by atoms with Gasteiger partial charge in [-0.25, -0.2) is 0 Å². The Morgan fingerprint density at radius 2 is 0.726 bits per heavy atom.